The van der Waals surface area contributed by atoms with E-state index in [4.69, 9.17) is 18.6 Å². The Hall–Kier alpha value is -5.42. The molecular weight excluding hydrogens is 592 g/mol. The lowest BCUT2D eigenvalue weighted by Gasteiger charge is -2.21. The third kappa shape index (κ3) is 5.40. The molecule has 5 rings (SSSR count). The predicted molar refractivity (Wildman–Crippen MR) is 144 cm³/mol. The Bertz CT molecular complexity index is 1790. The van der Waals surface area contributed by atoms with Crippen molar-refractivity contribution in [2.24, 2.45) is 0 Å². The zero-order valence-corrected chi connectivity index (χ0v) is 22.1. The average molecular weight is 616 g/mol. The van der Waals surface area contributed by atoms with Crippen molar-refractivity contribution in [1.29, 1.82) is 0 Å². The van der Waals surface area contributed by atoms with E-state index in [-0.39, 0.29) is 11.1 Å². The minimum Gasteiger partial charge on any atom is -0.508 e. The van der Waals surface area contributed by atoms with Gasteiger partial charge in [0.25, 0.3) is 0 Å². The molecule has 1 aromatic heterocycles. The molecular formula is C28H24O16. The summed E-state index contributed by atoms with van der Waals surface area (Å²) < 4.78 is 21.7. The maximum absolute atomic E-state index is 13.5. The molecule has 0 radical (unpaired) electrons. The first kappa shape index (κ1) is 30.1. The molecule has 0 aliphatic carbocycles. The number of carbonyl (C=O) groups is 1. The average Bonchev–Trinajstić information content (AvgIpc) is 3.25. The Morgan fingerprint density at radius 2 is 1.52 bits per heavy atom. The first-order valence-corrected chi connectivity index (χ1v) is 12.6. The van der Waals surface area contributed by atoms with Gasteiger partial charge in [-0.15, -0.1) is 0 Å². The highest BCUT2D eigenvalue weighted by molar-refractivity contribution is 5.91. The summed E-state index contributed by atoms with van der Waals surface area (Å²) in [6, 6.07) is 6.75. The zero-order chi connectivity index (χ0) is 32.0. The minimum absolute atomic E-state index is 0.0417. The van der Waals surface area contributed by atoms with E-state index in [2.05, 4.69) is 0 Å². The number of phenolic OH excluding ortho intramolecular Hbond substituents is 7. The highest BCUT2D eigenvalue weighted by atomic mass is 16.7. The van der Waals surface area contributed by atoms with Crippen LogP contribution in [0.25, 0.3) is 22.3 Å². The molecule has 3 aromatic carbocycles. The Labute approximate surface area is 244 Å². The Morgan fingerprint density at radius 3 is 2.18 bits per heavy atom. The van der Waals surface area contributed by atoms with Crippen LogP contribution in [0.5, 0.6) is 46.0 Å². The lowest BCUT2D eigenvalue weighted by atomic mass is 10.1. The monoisotopic (exact) mass is 616 g/mol. The number of hydrogen-bond donors (Lipinski definition) is 10. The smallest absolute Gasteiger partial charge is 0.338 e. The van der Waals surface area contributed by atoms with Gasteiger partial charge in [0.2, 0.25) is 17.5 Å². The molecule has 0 bridgehead atoms. The van der Waals surface area contributed by atoms with E-state index >= 15 is 0 Å². The van der Waals surface area contributed by atoms with Gasteiger partial charge in [0.15, 0.2) is 34.5 Å². The lowest BCUT2D eigenvalue weighted by molar-refractivity contribution is -0.138. The summed E-state index contributed by atoms with van der Waals surface area (Å²) in [5, 5.41) is 99.7. The fraction of sp³-hybridized carbons (Fsp3) is 0.214. The predicted octanol–water partition coefficient (Wildman–Crippen LogP) is 0.443. The van der Waals surface area contributed by atoms with E-state index < -0.39 is 111 Å². The SMILES string of the molecule is O=C(OC[C@@H](O)[C@H]1O[C@@H](Oc2c(-c3ccc(O)c(O)c3)oc3cc(O)cc(O)c3c2=O)[C@H](O)[C@H]1O)c1cc(O)c(O)c(O)c1. The second kappa shape index (κ2) is 11.3. The van der Waals surface area contributed by atoms with E-state index in [1.54, 1.807) is 0 Å². The summed E-state index contributed by atoms with van der Waals surface area (Å²) in [4.78, 5) is 25.8. The Balaban J connectivity index is 1.41. The molecule has 1 fully saturated rings. The molecule has 0 saturated carbocycles. The van der Waals surface area contributed by atoms with Crippen LogP contribution >= 0.6 is 0 Å². The number of esters is 1. The zero-order valence-electron chi connectivity index (χ0n) is 22.1. The molecule has 0 unspecified atom stereocenters. The molecule has 1 aliphatic heterocycles. The summed E-state index contributed by atoms with van der Waals surface area (Å²) in [6.45, 7) is -0.837. The van der Waals surface area contributed by atoms with Crippen LogP contribution in [0.1, 0.15) is 10.4 Å². The molecule has 0 amide bonds. The van der Waals surface area contributed by atoms with Gasteiger partial charge in [-0.1, -0.05) is 0 Å². The summed E-state index contributed by atoms with van der Waals surface area (Å²) >= 11 is 0. The topological polar surface area (TPSA) is 277 Å². The van der Waals surface area contributed by atoms with Crippen LogP contribution in [0.2, 0.25) is 0 Å². The van der Waals surface area contributed by atoms with Crippen LogP contribution in [-0.2, 0) is 9.47 Å². The molecule has 5 atom stereocenters. The molecule has 16 nitrogen and oxygen atoms in total. The van der Waals surface area contributed by atoms with Gasteiger partial charge in [-0.3, -0.25) is 4.79 Å². The van der Waals surface area contributed by atoms with Gasteiger partial charge >= 0.3 is 5.97 Å². The summed E-state index contributed by atoms with van der Waals surface area (Å²) in [5.74, 6) is -7.06. The highest BCUT2D eigenvalue weighted by Crippen LogP contribution is 2.40. The van der Waals surface area contributed by atoms with E-state index in [0.717, 1.165) is 36.4 Å². The number of carbonyl (C=O) groups excluding carboxylic acids is 1. The van der Waals surface area contributed by atoms with Gasteiger partial charge in [0.1, 0.15) is 53.5 Å². The van der Waals surface area contributed by atoms with Gasteiger partial charge < -0.3 is 69.7 Å². The largest absolute Gasteiger partial charge is 0.508 e. The molecule has 1 aliphatic rings. The summed E-state index contributed by atoms with van der Waals surface area (Å²) in [5.41, 5.74) is -1.78. The first-order valence-electron chi connectivity index (χ1n) is 12.6. The molecule has 4 aromatic rings. The second-order valence-electron chi connectivity index (χ2n) is 9.73. The van der Waals surface area contributed by atoms with Crippen molar-refractivity contribution in [3.05, 3.63) is 58.3 Å². The maximum atomic E-state index is 13.5. The number of aliphatic hydroxyl groups is 3. The molecule has 16 heteroatoms. The van der Waals surface area contributed by atoms with Crippen molar-refractivity contribution < 1.29 is 74.5 Å². The van der Waals surface area contributed by atoms with Crippen molar-refractivity contribution in [3.63, 3.8) is 0 Å². The van der Waals surface area contributed by atoms with Crippen LogP contribution in [-0.4, -0.2) is 94.3 Å². The molecule has 10 N–H and O–H groups in total. The highest BCUT2D eigenvalue weighted by Gasteiger charge is 2.48. The summed E-state index contributed by atoms with van der Waals surface area (Å²) in [7, 11) is 0. The van der Waals surface area contributed by atoms with Gasteiger partial charge in [0.05, 0.1) is 5.56 Å². The van der Waals surface area contributed by atoms with Crippen molar-refractivity contribution in [2.45, 2.75) is 30.7 Å². The number of hydrogen-bond acceptors (Lipinski definition) is 16. The third-order valence-corrected chi connectivity index (χ3v) is 6.72. The summed E-state index contributed by atoms with van der Waals surface area (Å²) in [6.07, 6.45) is -9.11. The van der Waals surface area contributed by atoms with Crippen molar-refractivity contribution in [2.75, 3.05) is 6.61 Å². The van der Waals surface area contributed by atoms with Crippen LogP contribution in [0, 0.1) is 0 Å². The van der Waals surface area contributed by atoms with Crippen LogP contribution in [0.15, 0.2) is 51.7 Å². The quantitative estimate of drug-likeness (QED) is 0.0996. The van der Waals surface area contributed by atoms with Gasteiger partial charge in [-0.2, -0.15) is 0 Å². The molecule has 44 heavy (non-hydrogen) atoms. The molecule has 2 heterocycles. The standard InChI is InChI=1S/C28H24O16/c29-11-6-14(32)19-18(7-11)42-24(9-1-2-12(30)13(31)3-9)26(21(19)37)44-28-23(39)22(38)25(43-28)17(35)8-41-27(40)10-4-15(33)20(36)16(34)5-10/h1-7,17,22-23,25,28-36,38-39H,8H2/t17-,22-,23-,25-,28+/m1/s1. The Morgan fingerprint density at radius 1 is 0.841 bits per heavy atom. The second-order valence-corrected chi connectivity index (χ2v) is 9.73. The number of benzene rings is 3. The van der Waals surface area contributed by atoms with Gasteiger partial charge in [-0.05, 0) is 30.3 Å². The number of phenols is 7. The normalized spacial score (nSPS) is 20.4. The van der Waals surface area contributed by atoms with Gasteiger partial charge in [0, 0.05) is 17.7 Å². The number of aromatic hydroxyl groups is 7. The molecule has 0 spiro atoms. The maximum Gasteiger partial charge on any atom is 0.338 e. The van der Waals surface area contributed by atoms with Gasteiger partial charge in [-0.25, -0.2) is 4.79 Å². The van der Waals surface area contributed by atoms with Crippen molar-refractivity contribution in [1.82, 2.24) is 0 Å². The van der Waals surface area contributed by atoms with Crippen LogP contribution in [0.3, 0.4) is 0 Å². The number of aliphatic hydroxyl groups excluding tert-OH is 3. The minimum atomic E-state index is -1.92. The van der Waals surface area contributed by atoms with E-state index in [1.807, 2.05) is 0 Å². The molecule has 232 valence electrons. The fourth-order valence-corrected chi connectivity index (χ4v) is 4.49. The van der Waals surface area contributed by atoms with Crippen LogP contribution in [0.4, 0.5) is 0 Å². The van der Waals surface area contributed by atoms with E-state index in [1.165, 1.54) is 6.07 Å². The van der Waals surface area contributed by atoms with E-state index in [9.17, 15) is 60.7 Å². The lowest BCUT2D eigenvalue weighted by Crippen LogP contribution is -2.41. The van der Waals surface area contributed by atoms with Crippen molar-refractivity contribution >= 4 is 16.9 Å². The number of fused-ring (bicyclic) bond motifs is 1. The Kier molecular flexibility index (Phi) is 7.75. The molecule has 1 saturated heterocycles. The van der Waals surface area contributed by atoms with Crippen molar-refractivity contribution in [3.8, 4) is 57.3 Å². The number of ether oxygens (including phenoxy) is 3. The fourth-order valence-electron chi connectivity index (χ4n) is 4.49. The van der Waals surface area contributed by atoms with Crippen LogP contribution < -0.4 is 10.2 Å². The number of rotatable bonds is 7. The van der Waals surface area contributed by atoms with E-state index in [0.29, 0.717) is 0 Å². The first-order chi connectivity index (χ1) is 20.8. The third-order valence-electron chi connectivity index (χ3n) is 6.72.